The molecule has 0 spiro atoms. The quantitative estimate of drug-likeness (QED) is 0.247. The number of amides is 1. The Morgan fingerprint density at radius 3 is 2.44 bits per heavy atom. The van der Waals surface area contributed by atoms with Crippen LogP contribution < -0.4 is 10.6 Å². The fraction of sp³-hybridized carbons (Fsp3) is 0.600. The highest BCUT2D eigenvalue weighted by Gasteiger charge is 2.20. The number of rotatable bonds is 6. The van der Waals surface area contributed by atoms with Crippen LogP contribution in [0.4, 0.5) is 5.69 Å². The number of nitrogens with zero attached hydrogens (tertiary/aromatic N) is 2. The van der Waals surface area contributed by atoms with Crippen molar-refractivity contribution >= 4 is 41.5 Å². The standard InChI is InChI=1S/C20H32N4O2.HI/c1-4-21-20(24(3)14-16-7-5-15(2)6-8-16)22-13-19(26)23-17-9-11-18(25)12-10-17;/h9-12,15-16,25H,4-8,13-14H2,1-3H3,(H,21,22)(H,23,26);1H. The van der Waals surface area contributed by atoms with Gasteiger partial charge in [0.1, 0.15) is 12.3 Å². The molecule has 1 amide bonds. The van der Waals surface area contributed by atoms with Crippen molar-refractivity contribution in [2.45, 2.75) is 39.5 Å². The van der Waals surface area contributed by atoms with Gasteiger partial charge in [-0.1, -0.05) is 19.8 Å². The first-order valence-electron chi connectivity index (χ1n) is 9.56. The molecule has 1 aliphatic carbocycles. The van der Waals surface area contributed by atoms with Gasteiger partial charge in [0.05, 0.1) is 0 Å². The molecular weight excluding hydrogens is 455 g/mol. The van der Waals surface area contributed by atoms with E-state index in [0.717, 1.165) is 25.0 Å². The number of benzene rings is 1. The molecule has 0 bridgehead atoms. The van der Waals surface area contributed by atoms with Gasteiger partial charge >= 0.3 is 0 Å². The van der Waals surface area contributed by atoms with Crippen LogP contribution in [-0.2, 0) is 4.79 Å². The Balaban J connectivity index is 0.00000364. The molecule has 0 radical (unpaired) electrons. The van der Waals surface area contributed by atoms with E-state index in [4.69, 9.17) is 0 Å². The molecular formula is C20H33IN4O2. The van der Waals surface area contributed by atoms with E-state index in [-0.39, 0.29) is 42.2 Å². The SMILES string of the molecule is CCNC(=NCC(=O)Nc1ccc(O)cc1)N(C)CC1CCC(C)CC1.I. The number of anilines is 1. The van der Waals surface area contributed by atoms with E-state index in [1.807, 2.05) is 14.0 Å². The maximum atomic E-state index is 12.1. The molecule has 27 heavy (non-hydrogen) atoms. The lowest BCUT2D eigenvalue weighted by Crippen LogP contribution is -2.42. The molecule has 0 saturated heterocycles. The van der Waals surface area contributed by atoms with Crippen LogP contribution in [0.15, 0.2) is 29.3 Å². The summed E-state index contributed by atoms with van der Waals surface area (Å²) >= 11 is 0. The van der Waals surface area contributed by atoms with Crippen LogP contribution in [0.5, 0.6) is 5.75 Å². The lowest BCUT2D eigenvalue weighted by Gasteiger charge is -2.31. The highest BCUT2D eigenvalue weighted by Crippen LogP contribution is 2.28. The summed E-state index contributed by atoms with van der Waals surface area (Å²) in [5, 5.41) is 15.3. The van der Waals surface area contributed by atoms with Crippen LogP contribution in [0, 0.1) is 11.8 Å². The number of halogens is 1. The van der Waals surface area contributed by atoms with Crippen LogP contribution in [0.1, 0.15) is 39.5 Å². The fourth-order valence-electron chi connectivity index (χ4n) is 3.35. The molecule has 1 aromatic carbocycles. The first-order valence-corrected chi connectivity index (χ1v) is 9.56. The van der Waals surface area contributed by atoms with Crippen LogP contribution in [-0.4, -0.2) is 48.6 Å². The van der Waals surface area contributed by atoms with Crippen molar-refractivity contribution in [2.75, 3.05) is 32.0 Å². The highest BCUT2D eigenvalue weighted by molar-refractivity contribution is 14.0. The van der Waals surface area contributed by atoms with Gasteiger partial charge in [0.2, 0.25) is 5.91 Å². The Labute approximate surface area is 179 Å². The van der Waals surface area contributed by atoms with E-state index < -0.39 is 0 Å². The number of nitrogens with one attached hydrogen (secondary N) is 2. The molecule has 1 aromatic rings. The topological polar surface area (TPSA) is 77.0 Å². The number of hydrogen-bond donors (Lipinski definition) is 3. The summed E-state index contributed by atoms with van der Waals surface area (Å²) in [6, 6.07) is 6.42. The van der Waals surface area contributed by atoms with Crippen molar-refractivity contribution in [3.05, 3.63) is 24.3 Å². The van der Waals surface area contributed by atoms with Crippen molar-refractivity contribution in [1.29, 1.82) is 0 Å². The molecule has 1 saturated carbocycles. The van der Waals surface area contributed by atoms with Gasteiger partial charge in [-0.2, -0.15) is 0 Å². The molecule has 7 heteroatoms. The summed E-state index contributed by atoms with van der Waals surface area (Å²) in [4.78, 5) is 18.7. The van der Waals surface area contributed by atoms with Gasteiger partial charge in [0.15, 0.2) is 5.96 Å². The average molecular weight is 488 g/mol. The smallest absolute Gasteiger partial charge is 0.246 e. The monoisotopic (exact) mass is 488 g/mol. The normalized spacial score (nSPS) is 19.7. The maximum absolute atomic E-state index is 12.1. The number of carbonyl (C=O) groups excluding carboxylic acids is 1. The summed E-state index contributed by atoms with van der Waals surface area (Å²) in [6.07, 6.45) is 5.15. The zero-order valence-corrected chi connectivity index (χ0v) is 18.9. The van der Waals surface area contributed by atoms with Crippen molar-refractivity contribution in [3.8, 4) is 5.75 Å². The summed E-state index contributed by atoms with van der Waals surface area (Å²) in [6.45, 7) is 6.16. The summed E-state index contributed by atoms with van der Waals surface area (Å²) in [7, 11) is 2.04. The van der Waals surface area contributed by atoms with Gasteiger partial charge in [-0.3, -0.25) is 4.79 Å². The molecule has 0 atom stereocenters. The highest BCUT2D eigenvalue weighted by atomic mass is 127. The lowest BCUT2D eigenvalue weighted by atomic mass is 9.83. The Morgan fingerprint density at radius 1 is 1.22 bits per heavy atom. The average Bonchev–Trinajstić information content (AvgIpc) is 2.62. The molecule has 0 aromatic heterocycles. The van der Waals surface area contributed by atoms with E-state index in [1.54, 1.807) is 24.3 Å². The number of phenols is 1. The second-order valence-electron chi connectivity index (χ2n) is 7.27. The van der Waals surface area contributed by atoms with Gasteiger partial charge in [-0.05, 0) is 55.9 Å². The van der Waals surface area contributed by atoms with Gasteiger partial charge in [0.25, 0.3) is 0 Å². The molecule has 1 aliphatic rings. The van der Waals surface area contributed by atoms with Crippen molar-refractivity contribution < 1.29 is 9.90 Å². The number of carbonyl (C=O) groups is 1. The Bertz CT molecular complexity index is 599. The minimum absolute atomic E-state index is 0. The van der Waals surface area contributed by atoms with Crippen molar-refractivity contribution in [1.82, 2.24) is 10.2 Å². The molecule has 3 N–H and O–H groups in total. The van der Waals surface area contributed by atoms with Crippen LogP contribution in [0.2, 0.25) is 0 Å². The first kappa shape index (κ1) is 23.5. The van der Waals surface area contributed by atoms with Gasteiger partial charge < -0.3 is 20.6 Å². The summed E-state index contributed by atoms with van der Waals surface area (Å²) in [5.41, 5.74) is 0.651. The Kier molecular flexibility index (Phi) is 10.5. The van der Waals surface area contributed by atoms with E-state index in [0.29, 0.717) is 11.6 Å². The number of aliphatic imine (C=N–C) groups is 1. The summed E-state index contributed by atoms with van der Waals surface area (Å²) < 4.78 is 0. The van der Waals surface area contributed by atoms with E-state index >= 15 is 0 Å². The zero-order chi connectivity index (χ0) is 18.9. The molecule has 0 heterocycles. The second-order valence-corrected chi connectivity index (χ2v) is 7.27. The molecule has 1 fully saturated rings. The Morgan fingerprint density at radius 2 is 1.85 bits per heavy atom. The third-order valence-electron chi connectivity index (χ3n) is 4.89. The minimum atomic E-state index is -0.175. The van der Waals surface area contributed by atoms with Crippen molar-refractivity contribution in [3.63, 3.8) is 0 Å². The molecule has 0 unspecified atom stereocenters. The second kappa shape index (κ2) is 12.0. The third kappa shape index (κ3) is 8.36. The van der Waals surface area contributed by atoms with E-state index in [1.165, 1.54) is 25.7 Å². The van der Waals surface area contributed by atoms with E-state index in [2.05, 4.69) is 27.4 Å². The van der Waals surface area contributed by atoms with Crippen LogP contribution >= 0.6 is 24.0 Å². The lowest BCUT2D eigenvalue weighted by molar-refractivity contribution is -0.114. The number of phenolic OH excluding ortho intramolecular Hbond substituents is 1. The van der Waals surface area contributed by atoms with Gasteiger partial charge in [-0.15, -0.1) is 24.0 Å². The number of guanidine groups is 1. The minimum Gasteiger partial charge on any atom is -0.508 e. The van der Waals surface area contributed by atoms with Gasteiger partial charge in [0, 0.05) is 25.8 Å². The number of aromatic hydroxyl groups is 1. The predicted octanol–water partition coefficient (Wildman–Crippen LogP) is 3.67. The van der Waals surface area contributed by atoms with Crippen LogP contribution in [0.3, 0.4) is 0 Å². The first-order chi connectivity index (χ1) is 12.5. The van der Waals surface area contributed by atoms with Crippen molar-refractivity contribution in [2.24, 2.45) is 16.8 Å². The zero-order valence-electron chi connectivity index (χ0n) is 16.6. The maximum Gasteiger partial charge on any atom is 0.246 e. The number of hydrogen-bond acceptors (Lipinski definition) is 3. The Hall–Kier alpha value is -1.51. The van der Waals surface area contributed by atoms with E-state index in [9.17, 15) is 9.90 Å². The molecule has 152 valence electrons. The third-order valence-corrected chi connectivity index (χ3v) is 4.89. The largest absolute Gasteiger partial charge is 0.508 e. The fourth-order valence-corrected chi connectivity index (χ4v) is 3.35. The molecule has 2 rings (SSSR count). The summed E-state index contributed by atoms with van der Waals surface area (Å²) in [5.74, 6) is 2.32. The molecule has 0 aliphatic heterocycles. The molecule has 6 nitrogen and oxygen atoms in total. The van der Waals surface area contributed by atoms with Crippen LogP contribution in [0.25, 0.3) is 0 Å². The van der Waals surface area contributed by atoms with Gasteiger partial charge in [-0.25, -0.2) is 4.99 Å². The predicted molar refractivity (Wildman–Crippen MR) is 122 cm³/mol.